The molecule has 0 radical (unpaired) electrons. The number of nitrogens with two attached hydrogens (primary N) is 4. The highest BCUT2D eigenvalue weighted by atomic mass is 16.3. The Kier molecular flexibility index (Phi) is 15.7. The van der Waals surface area contributed by atoms with Crippen LogP contribution >= 0.6 is 0 Å². The van der Waals surface area contributed by atoms with Gasteiger partial charge in [-0.15, -0.1) is 0 Å². The maximum atomic E-state index is 13.6. The van der Waals surface area contributed by atoms with Gasteiger partial charge in [-0.25, -0.2) is 0 Å². The maximum absolute atomic E-state index is 13.6. The monoisotopic (exact) mass is 707 g/mol. The van der Waals surface area contributed by atoms with Crippen molar-refractivity contribution in [1.82, 2.24) is 31.6 Å². The zero-order valence-corrected chi connectivity index (χ0v) is 28.4. The first-order valence-corrected chi connectivity index (χ1v) is 16.7. The van der Waals surface area contributed by atoms with Crippen LogP contribution in [-0.4, -0.2) is 89.4 Å². The number of fused-ring (bicyclic) bond motifs is 1. The lowest BCUT2D eigenvalue weighted by molar-refractivity contribution is -0.133. The third kappa shape index (κ3) is 13.3. The number of guanidine groups is 1. The predicted molar refractivity (Wildman–Crippen MR) is 192 cm³/mol. The van der Waals surface area contributed by atoms with Gasteiger partial charge in [0.15, 0.2) is 5.96 Å². The molecule has 276 valence electrons. The molecule has 0 aliphatic heterocycles. The Morgan fingerprint density at radius 3 is 2.18 bits per heavy atom. The molecule has 1 aromatic heterocycles. The number of phenolic OH excluding ortho intramolecular Hbond substituents is 1. The van der Waals surface area contributed by atoms with E-state index in [0.29, 0.717) is 37.8 Å². The van der Waals surface area contributed by atoms with E-state index in [-0.39, 0.29) is 37.5 Å². The number of H-pyrrole nitrogens is 1. The number of rotatable bonds is 21. The van der Waals surface area contributed by atoms with E-state index in [4.69, 9.17) is 28.3 Å². The molecule has 0 bridgehead atoms. The van der Waals surface area contributed by atoms with Crippen LogP contribution in [0.2, 0.25) is 0 Å². The third-order valence-electron chi connectivity index (χ3n) is 8.13. The smallest absolute Gasteiger partial charge is 0.243 e. The summed E-state index contributed by atoms with van der Waals surface area (Å²) in [4.78, 5) is 68.3. The molecule has 0 saturated carbocycles. The summed E-state index contributed by atoms with van der Waals surface area (Å²) in [5, 5.41) is 31.0. The minimum atomic E-state index is -1.22. The maximum Gasteiger partial charge on any atom is 0.243 e. The first-order chi connectivity index (χ1) is 24.4. The van der Waals surface area contributed by atoms with Gasteiger partial charge in [0.2, 0.25) is 29.5 Å². The third-order valence-corrected chi connectivity index (χ3v) is 8.13. The minimum absolute atomic E-state index is 0.00171. The SMILES string of the molecule is N=C(N)NCCC[C@H](NC(=O)[C@@H](N)CCCCN)C(=O)N[C@@H](Cc1ccc(O)cc1)C(=O)NCC(=O)N[C@@H](Cc1c[nH]c2ccccc12)C(N)=O. The standard InChI is InChI=1S/C34H49N11O6/c35-14-4-3-7-24(36)31(49)44-26(9-5-15-40-34(38)39)33(51)45-28(16-20-10-12-22(46)13-11-20)32(50)42-19-29(47)43-27(30(37)48)17-21-18-41-25-8-2-1-6-23(21)25/h1-2,6,8,10-13,18,24,26-28,41,46H,3-5,7,9,14-17,19,35-36H2,(H2,37,48)(H,42,50)(H,43,47)(H,44,49)(H,45,51)(H4,38,39,40)/t24-,26-,27-,28-/m0/s1. The molecule has 17 nitrogen and oxygen atoms in total. The Bertz CT molecular complexity index is 1640. The Morgan fingerprint density at radius 1 is 0.784 bits per heavy atom. The molecule has 0 spiro atoms. The lowest BCUT2D eigenvalue weighted by Crippen LogP contribution is -2.57. The lowest BCUT2D eigenvalue weighted by Gasteiger charge is -2.24. The van der Waals surface area contributed by atoms with E-state index >= 15 is 0 Å². The van der Waals surface area contributed by atoms with Crippen LogP contribution in [0.1, 0.15) is 43.2 Å². The van der Waals surface area contributed by atoms with E-state index < -0.39 is 60.2 Å². The number of aromatic amines is 1. The molecule has 51 heavy (non-hydrogen) atoms. The number of benzene rings is 2. The highest BCUT2D eigenvalue weighted by Crippen LogP contribution is 2.19. The van der Waals surface area contributed by atoms with E-state index in [1.54, 1.807) is 18.3 Å². The molecule has 17 heteroatoms. The summed E-state index contributed by atoms with van der Waals surface area (Å²) >= 11 is 0. The van der Waals surface area contributed by atoms with E-state index in [0.717, 1.165) is 16.5 Å². The molecule has 0 aliphatic carbocycles. The van der Waals surface area contributed by atoms with Crippen LogP contribution in [0, 0.1) is 5.41 Å². The number of unbranched alkanes of at least 4 members (excludes halogenated alkanes) is 1. The van der Waals surface area contributed by atoms with E-state index in [1.165, 1.54) is 12.1 Å². The van der Waals surface area contributed by atoms with Crippen molar-refractivity contribution in [2.75, 3.05) is 19.6 Å². The van der Waals surface area contributed by atoms with Crippen molar-refractivity contribution in [3.05, 3.63) is 65.9 Å². The van der Waals surface area contributed by atoms with Gasteiger partial charge in [-0.3, -0.25) is 29.4 Å². The van der Waals surface area contributed by atoms with Crippen LogP contribution in [0.5, 0.6) is 5.75 Å². The fourth-order valence-corrected chi connectivity index (χ4v) is 5.34. The van der Waals surface area contributed by atoms with Gasteiger partial charge in [0.1, 0.15) is 23.9 Å². The van der Waals surface area contributed by atoms with Crippen LogP contribution in [0.3, 0.4) is 0 Å². The average Bonchev–Trinajstić information content (AvgIpc) is 3.51. The van der Waals surface area contributed by atoms with E-state index in [1.807, 2.05) is 24.3 Å². The molecule has 0 unspecified atom stereocenters. The van der Waals surface area contributed by atoms with Gasteiger partial charge in [-0.1, -0.05) is 36.8 Å². The summed E-state index contributed by atoms with van der Waals surface area (Å²) in [6.45, 7) is 0.162. The normalized spacial score (nSPS) is 13.3. The number of primary amides is 1. The Morgan fingerprint density at radius 2 is 1.49 bits per heavy atom. The van der Waals surface area contributed by atoms with Crippen LogP contribution in [-0.2, 0) is 36.8 Å². The average molecular weight is 708 g/mol. The summed E-state index contributed by atoms with van der Waals surface area (Å²) in [6, 6.07) is 9.18. The van der Waals surface area contributed by atoms with Crippen molar-refractivity contribution in [3.8, 4) is 5.75 Å². The van der Waals surface area contributed by atoms with Gasteiger partial charge in [0.05, 0.1) is 12.6 Å². The highest BCUT2D eigenvalue weighted by molar-refractivity contribution is 5.95. The molecule has 5 amide bonds. The zero-order valence-electron chi connectivity index (χ0n) is 28.4. The van der Waals surface area contributed by atoms with Crippen molar-refractivity contribution in [2.45, 2.75) is 69.1 Å². The summed E-state index contributed by atoms with van der Waals surface area (Å²) in [7, 11) is 0. The van der Waals surface area contributed by atoms with Crippen LogP contribution in [0.4, 0.5) is 0 Å². The fraction of sp³-hybridized carbons (Fsp3) is 0.412. The van der Waals surface area contributed by atoms with Crippen molar-refractivity contribution in [3.63, 3.8) is 0 Å². The first-order valence-electron chi connectivity index (χ1n) is 16.7. The summed E-state index contributed by atoms with van der Waals surface area (Å²) in [5.41, 5.74) is 24.7. The van der Waals surface area contributed by atoms with Gasteiger partial charge in [-0.2, -0.15) is 0 Å². The van der Waals surface area contributed by atoms with Crippen LogP contribution < -0.4 is 49.5 Å². The second-order valence-corrected chi connectivity index (χ2v) is 12.2. The second kappa shape index (κ2) is 20.1. The molecule has 0 aliphatic rings. The number of phenols is 1. The molecule has 3 aromatic rings. The van der Waals surface area contributed by atoms with Gasteiger partial charge in [0.25, 0.3) is 0 Å². The molecule has 0 saturated heterocycles. The summed E-state index contributed by atoms with van der Waals surface area (Å²) < 4.78 is 0. The van der Waals surface area contributed by atoms with Gasteiger partial charge in [0, 0.05) is 36.5 Å². The summed E-state index contributed by atoms with van der Waals surface area (Å²) in [5.74, 6) is -3.66. The number of amides is 5. The van der Waals surface area contributed by atoms with Gasteiger partial charge < -0.3 is 59.6 Å². The number of aromatic hydroxyl groups is 1. The van der Waals surface area contributed by atoms with Gasteiger partial charge >= 0.3 is 0 Å². The molecule has 4 atom stereocenters. The number of carbonyl (C=O) groups is 5. The van der Waals surface area contributed by atoms with Crippen molar-refractivity contribution in [1.29, 1.82) is 5.41 Å². The number of carbonyl (C=O) groups excluding carboxylic acids is 5. The zero-order chi connectivity index (χ0) is 37.3. The fourth-order valence-electron chi connectivity index (χ4n) is 5.34. The van der Waals surface area contributed by atoms with E-state index in [2.05, 4.69) is 31.6 Å². The number of para-hydroxylation sites is 1. The summed E-state index contributed by atoms with van der Waals surface area (Å²) in [6.07, 6.45) is 3.92. The molecular formula is C34H49N11O6. The lowest BCUT2D eigenvalue weighted by atomic mass is 10.0. The molecule has 0 fully saturated rings. The van der Waals surface area contributed by atoms with Crippen LogP contribution in [0.15, 0.2) is 54.7 Å². The largest absolute Gasteiger partial charge is 0.508 e. The first kappa shape index (κ1) is 39.8. The van der Waals surface area contributed by atoms with Gasteiger partial charge in [-0.05, 0) is 61.6 Å². The molecule has 3 rings (SSSR count). The quantitative estimate of drug-likeness (QED) is 0.0343. The number of hydrogen-bond donors (Lipinski definition) is 12. The Labute approximate surface area is 295 Å². The number of nitrogens with one attached hydrogen (secondary N) is 7. The Hall–Kier alpha value is -5.68. The minimum Gasteiger partial charge on any atom is -0.508 e. The molecular weight excluding hydrogens is 658 g/mol. The number of hydrogen-bond acceptors (Lipinski definition) is 9. The predicted octanol–water partition coefficient (Wildman–Crippen LogP) is -1.57. The van der Waals surface area contributed by atoms with Crippen molar-refractivity contribution < 1.29 is 29.1 Å². The van der Waals surface area contributed by atoms with Crippen molar-refractivity contribution >= 4 is 46.4 Å². The highest BCUT2D eigenvalue weighted by Gasteiger charge is 2.29. The van der Waals surface area contributed by atoms with Crippen molar-refractivity contribution in [2.24, 2.45) is 22.9 Å². The second-order valence-electron chi connectivity index (χ2n) is 12.2. The van der Waals surface area contributed by atoms with Crippen LogP contribution in [0.25, 0.3) is 10.9 Å². The molecule has 2 aromatic carbocycles. The Balaban J connectivity index is 1.71. The molecule has 1 heterocycles. The molecule has 16 N–H and O–H groups in total. The number of aromatic nitrogens is 1. The van der Waals surface area contributed by atoms with E-state index in [9.17, 15) is 29.1 Å². The topological polar surface area (TPSA) is 309 Å².